The summed E-state index contributed by atoms with van der Waals surface area (Å²) in [5.74, 6) is 0.679. The van der Waals surface area contributed by atoms with Crippen molar-refractivity contribution in [2.75, 3.05) is 57.9 Å². The molecule has 11 heteroatoms. The minimum absolute atomic E-state index is 0.0950. The van der Waals surface area contributed by atoms with Crippen molar-refractivity contribution in [2.45, 2.75) is 26.6 Å². The van der Waals surface area contributed by atoms with Crippen LogP contribution < -0.4 is 10.2 Å². The van der Waals surface area contributed by atoms with E-state index in [1.165, 1.54) is 12.1 Å². The molecule has 0 saturated carbocycles. The van der Waals surface area contributed by atoms with E-state index in [2.05, 4.69) is 32.1 Å². The van der Waals surface area contributed by atoms with Crippen molar-refractivity contribution in [3.05, 3.63) is 48.2 Å². The molecule has 1 amide bonds. The fourth-order valence-electron chi connectivity index (χ4n) is 4.50. The van der Waals surface area contributed by atoms with Gasteiger partial charge in [-0.05, 0) is 50.7 Å². The first-order valence-corrected chi connectivity index (χ1v) is 13.0. The van der Waals surface area contributed by atoms with Crippen molar-refractivity contribution in [1.82, 2.24) is 30.2 Å². The maximum atomic E-state index is 13.7. The molecule has 202 valence electrons. The number of H-pyrrole nitrogens is 1. The van der Waals surface area contributed by atoms with Crippen LogP contribution in [0.2, 0.25) is 0 Å². The Morgan fingerprint density at radius 3 is 2.53 bits per heavy atom. The van der Waals surface area contributed by atoms with Gasteiger partial charge in [0.05, 0.1) is 35.7 Å². The monoisotopic (exact) mass is 523 g/mol. The Bertz CT molecular complexity index is 1250. The highest BCUT2D eigenvalue weighted by molar-refractivity contribution is 5.82. The van der Waals surface area contributed by atoms with E-state index in [9.17, 15) is 9.18 Å². The average Bonchev–Trinajstić information content (AvgIpc) is 3.38. The van der Waals surface area contributed by atoms with E-state index in [1.807, 2.05) is 19.9 Å². The Kier molecular flexibility index (Phi) is 7.68. The number of rotatable bonds is 7. The molecule has 0 radical (unpaired) electrons. The molecule has 10 nitrogen and oxygen atoms in total. The molecule has 0 unspecified atom stereocenters. The van der Waals surface area contributed by atoms with Crippen LogP contribution >= 0.6 is 0 Å². The number of anilines is 1. The fourth-order valence-corrected chi connectivity index (χ4v) is 4.50. The second-order valence-corrected chi connectivity index (χ2v) is 10.2. The van der Waals surface area contributed by atoms with E-state index in [0.29, 0.717) is 35.4 Å². The third-order valence-corrected chi connectivity index (χ3v) is 6.94. The van der Waals surface area contributed by atoms with E-state index in [-0.39, 0.29) is 24.9 Å². The molecular formula is C27H34FN7O3. The quantitative estimate of drug-likeness (QED) is 0.487. The highest BCUT2D eigenvalue weighted by Gasteiger charge is 2.40. The lowest BCUT2D eigenvalue weighted by atomic mass is 9.91. The van der Waals surface area contributed by atoms with Gasteiger partial charge in [0.1, 0.15) is 5.82 Å². The number of amides is 1. The summed E-state index contributed by atoms with van der Waals surface area (Å²) in [6, 6.07) is 7.98. The van der Waals surface area contributed by atoms with E-state index in [1.54, 1.807) is 18.3 Å². The van der Waals surface area contributed by atoms with Gasteiger partial charge >= 0.3 is 0 Å². The number of imidazole rings is 1. The van der Waals surface area contributed by atoms with Gasteiger partial charge in [0, 0.05) is 44.5 Å². The summed E-state index contributed by atoms with van der Waals surface area (Å²) in [6.45, 7) is 8.38. The highest BCUT2D eigenvalue weighted by Crippen LogP contribution is 2.35. The maximum Gasteiger partial charge on any atom is 0.230 e. The summed E-state index contributed by atoms with van der Waals surface area (Å²) >= 11 is 0. The molecule has 0 aliphatic carbocycles. The van der Waals surface area contributed by atoms with E-state index < -0.39 is 11.7 Å². The third kappa shape index (κ3) is 5.54. The van der Waals surface area contributed by atoms with Gasteiger partial charge in [-0.15, -0.1) is 0 Å². The molecular weight excluding hydrogens is 489 g/mol. The summed E-state index contributed by atoms with van der Waals surface area (Å²) in [6.07, 6.45) is 1.81. The molecule has 2 saturated heterocycles. The third-order valence-electron chi connectivity index (χ3n) is 6.94. The second kappa shape index (κ2) is 11.1. The largest absolute Gasteiger partial charge is 0.355 e. The van der Waals surface area contributed by atoms with Crippen molar-refractivity contribution < 1.29 is 18.7 Å². The SMILES string of the molecule is CCCNC(=O)C1(C)COC(c2nc(-c3ccc(F)cc3)c(-c3ccnc(N4CCN(C)CC4)n3)[nH]2)OC1. The molecule has 0 bridgehead atoms. The summed E-state index contributed by atoms with van der Waals surface area (Å²) < 4.78 is 25.7. The number of likely N-dealkylation sites (N-methyl/N-ethyl adjacent to an activating group) is 1. The van der Waals surface area contributed by atoms with Gasteiger partial charge in [-0.25, -0.2) is 19.3 Å². The van der Waals surface area contributed by atoms with Crippen LogP contribution in [0.25, 0.3) is 22.6 Å². The van der Waals surface area contributed by atoms with Crippen molar-refractivity contribution in [3.63, 3.8) is 0 Å². The predicted molar refractivity (Wildman–Crippen MR) is 141 cm³/mol. The number of hydrogen-bond donors (Lipinski definition) is 2. The summed E-state index contributed by atoms with van der Waals surface area (Å²) in [4.78, 5) is 34.5. The van der Waals surface area contributed by atoms with Crippen LogP contribution in [-0.4, -0.2) is 83.7 Å². The van der Waals surface area contributed by atoms with E-state index in [4.69, 9.17) is 19.4 Å². The zero-order valence-corrected chi connectivity index (χ0v) is 22.0. The Morgan fingerprint density at radius 2 is 1.84 bits per heavy atom. The topological polar surface area (TPSA) is 108 Å². The number of ether oxygens (including phenoxy) is 2. The number of benzene rings is 1. The molecule has 2 aromatic heterocycles. The van der Waals surface area contributed by atoms with Gasteiger partial charge in [-0.3, -0.25) is 4.79 Å². The van der Waals surface area contributed by atoms with Gasteiger partial charge in [0.25, 0.3) is 0 Å². The molecule has 1 aromatic carbocycles. The van der Waals surface area contributed by atoms with Crippen molar-refractivity contribution in [2.24, 2.45) is 5.41 Å². The summed E-state index contributed by atoms with van der Waals surface area (Å²) in [7, 11) is 2.10. The maximum absolute atomic E-state index is 13.7. The number of carbonyl (C=O) groups excluding carboxylic acids is 1. The normalized spacial score (nSPS) is 22.4. The molecule has 2 N–H and O–H groups in total. The molecule has 0 atom stereocenters. The lowest BCUT2D eigenvalue weighted by Gasteiger charge is -2.35. The van der Waals surface area contributed by atoms with Crippen LogP contribution in [0, 0.1) is 11.2 Å². The first kappa shape index (κ1) is 26.2. The molecule has 3 aromatic rings. The van der Waals surface area contributed by atoms with Gasteiger partial charge in [0.2, 0.25) is 18.1 Å². The zero-order chi connectivity index (χ0) is 26.7. The van der Waals surface area contributed by atoms with Crippen LogP contribution in [-0.2, 0) is 14.3 Å². The Hall–Kier alpha value is -3.41. The first-order chi connectivity index (χ1) is 18.4. The van der Waals surface area contributed by atoms with Crippen LogP contribution in [0.5, 0.6) is 0 Å². The first-order valence-electron chi connectivity index (χ1n) is 13.0. The number of aromatic nitrogens is 4. The number of carbonyl (C=O) groups is 1. The summed E-state index contributed by atoms with van der Waals surface area (Å²) in [5.41, 5.74) is 1.86. The van der Waals surface area contributed by atoms with E-state index >= 15 is 0 Å². The smallest absolute Gasteiger partial charge is 0.230 e. The number of nitrogens with one attached hydrogen (secondary N) is 2. The zero-order valence-electron chi connectivity index (χ0n) is 22.0. The molecule has 2 fully saturated rings. The Balaban J connectivity index is 1.43. The minimum atomic E-state index is -0.787. The van der Waals surface area contributed by atoms with Crippen LogP contribution in [0.3, 0.4) is 0 Å². The predicted octanol–water partition coefficient (Wildman–Crippen LogP) is 3.00. The lowest BCUT2D eigenvalue weighted by Crippen LogP contribution is -2.48. The van der Waals surface area contributed by atoms with Crippen molar-refractivity contribution in [1.29, 1.82) is 0 Å². The standard InChI is InChI=1S/C27H34FN7O3/c1-4-10-29-25(36)27(2)16-37-24(38-17-27)23-32-21(18-5-7-19(28)8-6-18)22(33-23)20-9-11-30-26(31-20)35-14-12-34(3)13-15-35/h5-9,11,24H,4,10,12-17H2,1-3H3,(H,29,36)(H,32,33). The van der Waals surface area contributed by atoms with Gasteiger partial charge in [0.15, 0.2) is 5.82 Å². The van der Waals surface area contributed by atoms with Crippen molar-refractivity contribution >= 4 is 11.9 Å². The fraction of sp³-hybridized carbons (Fsp3) is 0.481. The minimum Gasteiger partial charge on any atom is -0.355 e. The Morgan fingerprint density at radius 1 is 1.13 bits per heavy atom. The Labute approximate surface area is 221 Å². The van der Waals surface area contributed by atoms with Crippen molar-refractivity contribution in [3.8, 4) is 22.6 Å². The number of nitrogens with zero attached hydrogens (tertiary/aromatic N) is 5. The van der Waals surface area contributed by atoms with E-state index in [0.717, 1.165) is 38.2 Å². The van der Waals surface area contributed by atoms with Crippen LogP contribution in [0.4, 0.5) is 10.3 Å². The molecule has 5 rings (SSSR count). The number of piperazine rings is 1. The van der Waals surface area contributed by atoms with Gasteiger partial charge in [-0.2, -0.15) is 0 Å². The van der Waals surface area contributed by atoms with Gasteiger partial charge in [-0.1, -0.05) is 6.92 Å². The molecule has 4 heterocycles. The number of aromatic amines is 1. The molecule has 2 aliphatic heterocycles. The second-order valence-electron chi connectivity index (χ2n) is 10.2. The molecule has 38 heavy (non-hydrogen) atoms. The average molecular weight is 524 g/mol. The van der Waals surface area contributed by atoms with Gasteiger partial charge < -0.3 is 29.6 Å². The number of halogens is 1. The molecule has 0 spiro atoms. The number of hydrogen-bond acceptors (Lipinski definition) is 8. The van der Waals surface area contributed by atoms with Crippen LogP contribution in [0.15, 0.2) is 36.5 Å². The summed E-state index contributed by atoms with van der Waals surface area (Å²) in [5, 5.41) is 2.92. The lowest BCUT2D eigenvalue weighted by molar-refractivity contribution is -0.231. The van der Waals surface area contributed by atoms with Crippen LogP contribution in [0.1, 0.15) is 32.4 Å². The molecule has 2 aliphatic rings. The highest BCUT2D eigenvalue weighted by atomic mass is 19.1.